The van der Waals surface area contributed by atoms with E-state index in [0.717, 1.165) is 56.4 Å². The summed E-state index contributed by atoms with van der Waals surface area (Å²) in [4.78, 5) is 4.73. The number of benzene rings is 1. The molecule has 2 fully saturated rings. The first-order valence-electron chi connectivity index (χ1n) is 10.6. The number of nitrogens with one attached hydrogen (secondary N) is 2. The minimum absolute atomic E-state index is 0. The van der Waals surface area contributed by atoms with Gasteiger partial charge in [0.15, 0.2) is 5.96 Å². The first kappa shape index (κ1) is 24.2. The zero-order chi connectivity index (χ0) is 19.8. The number of anilines is 1. The van der Waals surface area contributed by atoms with E-state index in [-0.39, 0.29) is 30.1 Å². The summed E-state index contributed by atoms with van der Waals surface area (Å²) in [5.41, 5.74) is 1.00. The Kier molecular flexibility index (Phi) is 10.5. The van der Waals surface area contributed by atoms with Gasteiger partial charge in [-0.3, -0.25) is 4.99 Å². The summed E-state index contributed by atoms with van der Waals surface area (Å²) in [6, 6.07) is 8.54. The predicted octanol–water partition coefficient (Wildman–Crippen LogP) is 4.44. The maximum atomic E-state index is 5.72. The lowest BCUT2D eigenvalue weighted by atomic mass is 10.2. The Hall–Kier alpha value is -1.06. The van der Waals surface area contributed by atoms with Gasteiger partial charge in [-0.2, -0.15) is 0 Å². The van der Waals surface area contributed by atoms with Crippen LogP contribution in [0.1, 0.15) is 46.5 Å². The van der Waals surface area contributed by atoms with Gasteiger partial charge in [-0.15, -0.1) is 24.0 Å². The summed E-state index contributed by atoms with van der Waals surface area (Å²) in [6.45, 7) is 9.35. The van der Waals surface area contributed by atoms with Crippen molar-refractivity contribution >= 4 is 35.6 Å². The summed E-state index contributed by atoms with van der Waals surface area (Å²) in [5, 5.41) is 6.93. The van der Waals surface area contributed by atoms with Gasteiger partial charge in [0, 0.05) is 31.5 Å². The summed E-state index contributed by atoms with van der Waals surface area (Å²) in [7, 11) is 0. The van der Waals surface area contributed by atoms with Crippen LogP contribution < -0.4 is 15.4 Å². The van der Waals surface area contributed by atoms with Crippen molar-refractivity contribution < 1.29 is 14.2 Å². The molecule has 29 heavy (non-hydrogen) atoms. The fraction of sp³-hybridized carbons (Fsp3) is 0.682. The van der Waals surface area contributed by atoms with Gasteiger partial charge in [0.2, 0.25) is 0 Å². The number of hydrogen-bond acceptors (Lipinski definition) is 4. The molecule has 0 bridgehead atoms. The number of ether oxygens (including phenoxy) is 3. The van der Waals surface area contributed by atoms with Crippen LogP contribution in [0.5, 0.6) is 5.75 Å². The fourth-order valence-corrected chi connectivity index (χ4v) is 3.19. The lowest BCUT2D eigenvalue weighted by Gasteiger charge is -2.14. The van der Waals surface area contributed by atoms with Crippen molar-refractivity contribution in [3.8, 4) is 5.75 Å². The highest BCUT2D eigenvalue weighted by Crippen LogP contribution is 2.29. The van der Waals surface area contributed by atoms with Gasteiger partial charge in [0.1, 0.15) is 5.75 Å². The Bertz CT molecular complexity index is 618. The van der Waals surface area contributed by atoms with E-state index in [0.29, 0.717) is 24.7 Å². The molecule has 0 spiro atoms. The lowest BCUT2D eigenvalue weighted by molar-refractivity contribution is 0.0171. The normalized spacial score (nSPS) is 23.6. The minimum atomic E-state index is 0. The van der Waals surface area contributed by atoms with E-state index in [1.807, 2.05) is 38.1 Å². The quantitative estimate of drug-likeness (QED) is 0.208. The molecule has 1 saturated carbocycles. The Balaban J connectivity index is 0.00000300. The standard InChI is InChI=1S/C22H35N3O3.HI/c1-16(2)28-19-9-7-18(8-10-19)24-22(25-21-14-17(21)3)23-11-5-12-26-15-20-6-4-13-27-20;/h7-10,16-17,20-21H,4-6,11-15H2,1-3H3,(H2,23,24,25);1H. The number of aliphatic imine (C=N–C) groups is 1. The molecule has 1 aliphatic carbocycles. The fourth-order valence-electron chi connectivity index (χ4n) is 3.19. The highest BCUT2D eigenvalue weighted by Gasteiger charge is 2.33. The second kappa shape index (κ2) is 12.6. The largest absolute Gasteiger partial charge is 0.491 e. The van der Waals surface area contributed by atoms with Crippen LogP contribution >= 0.6 is 24.0 Å². The molecule has 6 nitrogen and oxygen atoms in total. The van der Waals surface area contributed by atoms with E-state index in [2.05, 4.69) is 17.6 Å². The monoisotopic (exact) mass is 517 g/mol. The highest BCUT2D eigenvalue weighted by molar-refractivity contribution is 14.0. The van der Waals surface area contributed by atoms with Crippen LogP contribution in [0.3, 0.4) is 0 Å². The third-order valence-electron chi connectivity index (χ3n) is 4.96. The van der Waals surface area contributed by atoms with Gasteiger partial charge in [-0.05, 0) is 69.7 Å². The van der Waals surface area contributed by atoms with Gasteiger partial charge in [-0.25, -0.2) is 0 Å². The highest BCUT2D eigenvalue weighted by atomic mass is 127. The Labute approximate surface area is 192 Å². The first-order valence-corrected chi connectivity index (χ1v) is 10.6. The van der Waals surface area contributed by atoms with E-state index >= 15 is 0 Å². The molecule has 0 aromatic heterocycles. The number of hydrogen-bond donors (Lipinski definition) is 2. The SMILES string of the molecule is CC(C)Oc1ccc(NC(=NCCCOCC2CCCO2)NC2CC2C)cc1.I. The average molecular weight is 517 g/mol. The Morgan fingerprint density at radius 1 is 1.28 bits per heavy atom. The van der Waals surface area contributed by atoms with E-state index in [4.69, 9.17) is 19.2 Å². The van der Waals surface area contributed by atoms with Crippen LogP contribution in [0.15, 0.2) is 29.3 Å². The second-order valence-corrected chi connectivity index (χ2v) is 8.07. The molecule has 1 heterocycles. The summed E-state index contributed by atoms with van der Waals surface area (Å²) < 4.78 is 17.0. The van der Waals surface area contributed by atoms with Crippen molar-refractivity contribution in [3.05, 3.63) is 24.3 Å². The molecule has 2 aliphatic rings. The topological polar surface area (TPSA) is 64.1 Å². The number of nitrogens with zero attached hydrogens (tertiary/aromatic N) is 1. The molecule has 0 radical (unpaired) electrons. The van der Waals surface area contributed by atoms with Crippen LogP contribution in [0, 0.1) is 5.92 Å². The molecule has 2 N–H and O–H groups in total. The van der Waals surface area contributed by atoms with Crippen LogP contribution in [-0.4, -0.2) is 50.6 Å². The molecule has 164 valence electrons. The van der Waals surface area contributed by atoms with Crippen LogP contribution in [0.2, 0.25) is 0 Å². The van der Waals surface area contributed by atoms with E-state index in [1.165, 1.54) is 6.42 Å². The molecular weight excluding hydrogens is 481 g/mol. The van der Waals surface area contributed by atoms with Crippen LogP contribution in [0.4, 0.5) is 5.69 Å². The van der Waals surface area contributed by atoms with Gasteiger partial charge in [0.05, 0.1) is 18.8 Å². The number of guanidine groups is 1. The van der Waals surface area contributed by atoms with Crippen molar-refractivity contribution in [2.45, 2.75) is 64.7 Å². The van der Waals surface area contributed by atoms with Gasteiger partial charge in [-0.1, -0.05) is 6.92 Å². The predicted molar refractivity (Wildman–Crippen MR) is 129 cm³/mol. The Morgan fingerprint density at radius 2 is 2.03 bits per heavy atom. The molecule has 1 aromatic carbocycles. The third-order valence-corrected chi connectivity index (χ3v) is 4.96. The van der Waals surface area contributed by atoms with Crippen molar-refractivity contribution in [2.24, 2.45) is 10.9 Å². The summed E-state index contributed by atoms with van der Waals surface area (Å²) in [6.07, 6.45) is 4.85. The average Bonchev–Trinajstić information content (AvgIpc) is 3.13. The molecule has 7 heteroatoms. The van der Waals surface area contributed by atoms with Gasteiger partial charge in [0.25, 0.3) is 0 Å². The van der Waals surface area contributed by atoms with Gasteiger partial charge >= 0.3 is 0 Å². The molecule has 3 unspecified atom stereocenters. The molecule has 0 amide bonds. The zero-order valence-electron chi connectivity index (χ0n) is 17.9. The van der Waals surface area contributed by atoms with Crippen LogP contribution in [0.25, 0.3) is 0 Å². The van der Waals surface area contributed by atoms with Crippen molar-refractivity contribution in [3.63, 3.8) is 0 Å². The summed E-state index contributed by atoms with van der Waals surface area (Å²) in [5.74, 6) is 2.43. The first-order chi connectivity index (χ1) is 13.6. The smallest absolute Gasteiger partial charge is 0.196 e. The summed E-state index contributed by atoms with van der Waals surface area (Å²) >= 11 is 0. The minimum Gasteiger partial charge on any atom is -0.491 e. The van der Waals surface area contributed by atoms with E-state index in [9.17, 15) is 0 Å². The number of halogens is 1. The molecular formula is C22H36IN3O3. The van der Waals surface area contributed by atoms with E-state index in [1.54, 1.807) is 0 Å². The number of rotatable bonds is 10. The van der Waals surface area contributed by atoms with Gasteiger partial charge < -0.3 is 24.8 Å². The Morgan fingerprint density at radius 3 is 2.66 bits per heavy atom. The van der Waals surface area contributed by atoms with Crippen molar-refractivity contribution in [2.75, 3.05) is 31.7 Å². The maximum Gasteiger partial charge on any atom is 0.196 e. The van der Waals surface area contributed by atoms with E-state index < -0.39 is 0 Å². The molecule has 1 aliphatic heterocycles. The third kappa shape index (κ3) is 9.09. The van der Waals surface area contributed by atoms with Crippen molar-refractivity contribution in [1.29, 1.82) is 0 Å². The second-order valence-electron chi connectivity index (χ2n) is 8.07. The van der Waals surface area contributed by atoms with Crippen molar-refractivity contribution in [1.82, 2.24) is 5.32 Å². The molecule has 3 atom stereocenters. The lowest BCUT2D eigenvalue weighted by Crippen LogP contribution is -2.33. The maximum absolute atomic E-state index is 5.72. The molecule has 3 rings (SSSR count). The molecule has 1 aromatic rings. The van der Waals surface area contributed by atoms with Crippen LogP contribution in [-0.2, 0) is 9.47 Å². The zero-order valence-corrected chi connectivity index (χ0v) is 20.2. The molecule has 1 saturated heterocycles.